The molecule has 0 amide bonds. The minimum Gasteiger partial charge on any atom is -0.458 e. The van der Waals surface area contributed by atoms with Gasteiger partial charge < -0.3 is 29.2 Å². The molecule has 0 spiro atoms. The summed E-state index contributed by atoms with van der Waals surface area (Å²) in [6, 6.07) is 103. The van der Waals surface area contributed by atoms with E-state index in [1.54, 1.807) is 0 Å². The minimum atomic E-state index is -0.146. The number of benzene rings is 12. The second kappa shape index (κ2) is 17.1. The van der Waals surface area contributed by atoms with E-state index in [1.807, 2.05) is 0 Å². The minimum absolute atomic E-state index is 0.00243. The molecule has 6 aliphatic rings. The maximum absolute atomic E-state index is 7.24. The predicted octanol–water partition coefficient (Wildman–Crippen LogP) is 12.3. The molecule has 0 radical (unpaired) electrons. The molecule has 0 bridgehead atoms. The van der Waals surface area contributed by atoms with Crippen LogP contribution in [0.5, 0.6) is 11.5 Å². The summed E-state index contributed by atoms with van der Waals surface area (Å²) in [6.07, 6.45) is 0. The van der Waals surface area contributed by atoms with Crippen LogP contribution in [0.3, 0.4) is 0 Å². The van der Waals surface area contributed by atoms with Gasteiger partial charge in [0.1, 0.15) is 11.5 Å². The van der Waals surface area contributed by atoms with Crippen LogP contribution in [0.15, 0.2) is 279 Å². The average Bonchev–Trinajstić information content (AvgIpc) is 1.05. The summed E-state index contributed by atoms with van der Waals surface area (Å²) >= 11 is 0. The summed E-state index contributed by atoms with van der Waals surface area (Å²) in [5.74, 6) is 1.73. The van der Waals surface area contributed by atoms with E-state index in [1.165, 1.54) is 72.4 Å². The monoisotopic (exact) mass is 1030 g/mol. The van der Waals surface area contributed by atoms with Crippen molar-refractivity contribution in [1.29, 1.82) is 0 Å². The molecule has 81 heavy (non-hydrogen) atoms. The maximum Gasteiger partial charge on any atom is 0.256 e. The third-order valence-electron chi connectivity index (χ3n) is 17.8. The number of nitrogens with zero attached hydrogens (tertiary/aromatic N) is 5. The highest BCUT2D eigenvalue weighted by atomic mass is 16.5. The maximum atomic E-state index is 7.24. The Labute approximate surface area is 471 Å². The van der Waals surface area contributed by atoms with Gasteiger partial charge in [0.2, 0.25) is 0 Å². The van der Waals surface area contributed by atoms with Gasteiger partial charge in [-0.15, -0.1) is 0 Å². The highest BCUT2D eigenvalue weighted by Crippen LogP contribution is 2.52. The van der Waals surface area contributed by atoms with Crippen LogP contribution in [-0.4, -0.2) is 20.1 Å². The summed E-state index contributed by atoms with van der Waals surface area (Å²) in [6.45, 7) is -0.259. The van der Waals surface area contributed by atoms with Crippen molar-refractivity contribution in [2.75, 3.05) is 24.5 Å². The van der Waals surface area contributed by atoms with Gasteiger partial charge in [-0.2, -0.15) is 0 Å². The number of hydrogen-bond donors (Lipinski definition) is 0. The van der Waals surface area contributed by atoms with Crippen LogP contribution in [0.4, 0.5) is 85.3 Å². The first-order valence-electron chi connectivity index (χ1n) is 28.1. The van der Waals surface area contributed by atoms with E-state index >= 15 is 0 Å². The first-order valence-corrected chi connectivity index (χ1v) is 28.1. The molecule has 6 nitrogen and oxygen atoms in total. The van der Waals surface area contributed by atoms with Crippen molar-refractivity contribution in [2.24, 2.45) is 0 Å². The van der Waals surface area contributed by atoms with E-state index in [-0.39, 0.29) is 20.1 Å². The Morgan fingerprint density at radius 3 is 1.12 bits per heavy atom. The fourth-order valence-corrected chi connectivity index (χ4v) is 14.7. The van der Waals surface area contributed by atoms with Crippen LogP contribution in [-0.2, 0) is 0 Å². The lowest BCUT2D eigenvalue weighted by atomic mass is 9.28. The number of fused-ring (bicyclic) bond motifs is 14. The molecule has 0 atom stereocenters. The second-order valence-electron chi connectivity index (χ2n) is 21.9. The molecule has 0 fully saturated rings. The van der Waals surface area contributed by atoms with E-state index in [0.717, 1.165) is 73.6 Å². The summed E-state index contributed by atoms with van der Waals surface area (Å²) in [5.41, 5.74) is 28.5. The fraction of sp³-hybridized carbons (Fsp3) is 0. The molecule has 374 valence electrons. The smallest absolute Gasteiger partial charge is 0.256 e. The average molecular weight is 1030 g/mol. The first-order chi connectivity index (χ1) is 40.2. The zero-order valence-corrected chi connectivity index (χ0v) is 43.9. The van der Waals surface area contributed by atoms with Crippen molar-refractivity contribution in [1.82, 2.24) is 0 Å². The molecule has 12 aromatic carbocycles. The molecule has 6 aliphatic heterocycles. The van der Waals surface area contributed by atoms with Crippen LogP contribution in [0.25, 0.3) is 0 Å². The molecule has 12 aromatic rings. The molecule has 18 rings (SSSR count). The van der Waals surface area contributed by atoms with Crippen molar-refractivity contribution in [2.45, 2.75) is 0 Å². The van der Waals surface area contributed by atoms with Gasteiger partial charge in [-0.1, -0.05) is 170 Å². The Morgan fingerprint density at radius 2 is 0.617 bits per heavy atom. The molecular formula is C72H46B3N5O. The molecule has 0 N–H and O–H groups in total. The third-order valence-corrected chi connectivity index (χ3v) is 17.8. The second-order valence-corrected chi connectivity index (χ2v) is 21.9. The van der Waals surface area contributed by atoms with E-state index in [4.69, 9.17) is 4.74 Å². The fourth-order valence-electron chi connectivity index (χ4n) is 14.7. The quantitative estimate of drug-likeness (QED) is 0.154. The molecular weight excluding hydrogens is 983 g/mol. The van der Waals surface area contributed by atoms with Crippen LogP contribution in [0, 0.1) is 0 Å². The number of hydrogen-bond acceptors (Lipinski definition) is 6. The number of anilines is 15. The largest absolute Gasteiger partial charge is 0.458 e. The zero-order chi connectivity index (χ0) is 52.9. The van der Waals surface area contributed by atoms with E-state index < -0.39 is 0 Å². The predicted molar refractivity (Wildman–Crippen MR) is 340 cm³/mol. The van der Waals surface area contributed by atoms with Gasteiger partial charge in [0.25, 0.3) is 20.1 Å². The Morgan fingerprint density at radius 1 is 0.247 bits per heavy atom. The van der Waals surface area contributed by atoms with Crippen molar-refractivity contribution in [3.8, 4) is 11.5 Å². The Balaban J connectivity index is 0.962. The first kappa shape index (κ1) is 44.6. The third kappa shape index (κ3) is 6.26. The topological polar surface area (TPSA) is 25.4 Å². The van der Waals surface area contributed by atoms with Crippen molar-refractivity contribution in [3.05, 3.63) is 279 Å². The van der Waals surface area contributed by atoms with Gasteiger partial charge in [-0.05, 0) is 152 Å². The van der Waals surface area contributed by atoms with E-state index in [0.29, 0.717) is 0 Å². The van der Waals surface area contributed by atoms with Gasteiger partial charge in [0.15, 0.2) is 0 Å². The number of rotatable bonds is 6. The normalized spacial score (nSPS) is 13.9. The van der Waals surface area contributed by atoms with E-state index in [2.05, 4.69) is 304 Å². The molecule has 0 aromatic heterocycles. The van der Waals surface area contributed by atoms with Crippen molar-refractivity contribution < 1.29 is 4.74 Å². The molecule has 9 heteroatoms. The highest BCUT2D eigenvalue weighted by molar-refractivity contribution is 7.05. The van der Waals surface area contributed by atoms with Gasteiger partial charge >= 0.3 is 0 Å². The van der Waals surface area contributed by atoms with Crippen molar-refractivity contribution in [3.63, 3.8) is 0 Å². The van der Waals surface area contributed by atoms with Crippen LogP contribution in [0.1, 0.15) is 0 Å². The Hall–Kier alpha value is -10.4. The molecule has 0 saturated carbocycles. The summed E-state index contributed by atoms with van der Waals surface area (Å²) in [7, 11) is 0. The Kier molecular flexibility index (Phi) is 9.40. The summed E-state index contributed by atoms with van der Waals surface area (Å²) < 4.78 is 7.24. The lowest BCUT2D eigenvalue weighted by molar-refractivity contribution is 0.487. The van der Waals surface area contributed by atoms with Crippen molar-refractivity contribution >= 4 is 155 Å². The standard InChI is InChI=1S/C72H46B3N5O/c1-6-24-47(25-7-1)76(48-26-8-2-9-27-48)52-42-64-69-68(43-52)81-67-41-23-19-37-56(67)75(69)58-44-57-62(45-63(58)78(64)50-30-12-4-13-31-50)79(51-32-14-5-15-33-51)66-46-65-70-72-71(66)74(57)55-36-18-22-40-61(55)80(72)60-39-21-17-35-54(60)73(70)53-34-16-20-38-59(53)77(65)49-28-10-3-11-29-49/h1-46H. The highest BCUT2D eigenvalue weighted by Gasteiger charge is 2.53. The Bertz CT molecular complexity index is 4520. The number of para-hydroxylation sites is 9. The van der Waals surface area contributed by atoms with Crippen LogP contribution >= 0.6 is 0 Å². The van der Waals surface area contributed by atoms with Crippen LogP contribution in [0.2, 0.25) is 0 Å². The SMILES string of the molecule is c1ccc(N(c2ccccc2)c2cc3c4c(c2)N(c2ccccc2)c2cc5c(cc2B4c2ccccc2O3)B2c3ccccc3N3c4ccccc4B4c6ccccc6N(c6ccccc6)c6cc(c2c3c64)N5c2ccccc2)cc1. The molecule has 0 saturated heterocycles. The van der Waals surface area contributed by atoms with E-state index in [9.17, 15) is 0 Å². The molecule has 0 unspecified atom stereocenters. The molecule has 0 aliphatic carbocycles. The van der Waals surface area contributed by atoms with Gasteiger partial charge in [0, 0.05) is 85.7 Å². The zero-order valence-electron chi connectivity index (χ0n) is 43.9. The van der Waals surface area contributed by atoms with Gasteiger partial charge in [0.05, 0.1) is 5.69 Å². The number of ether oxygens (including phenoxy) is 1. The van der Waals surface area contributed by atoms with Crippen LogP contribution < -0.4 is 78.4 Å². The van der Waals surface area contributed by atoms with Gasteiger partial charge in [-0.25, -0.2) is 0 Å². The lowest BCUT2D eigenvalue weighted by Gasteiger charge is -2.51. The molecule has 6 heterocycles. The summed E-state index contributed by atoms with van der Waals surface area (Å²) in [5, 5.41) is 0. The van der Waals surface area contributed by atoms with Gasteiger partial charge in [-0.3, -0.25) is 0 Å². The summed E-state index contributed by atoms with van der Waals surface area (Å²) in [4.78, 5) is 12.6. The lowest BCUT2D eigenvalue weighted by Crippen LogP contribution is -2.69.